The number of hydrogen-bond donors (Lipinski definition) is 3. The SMILES string of the molecule is O=S(=O)(O)C(c1ccc(O)cc1)(c1cc(Cl)cc(Cl)c1)c1cc(O)cc(Cl)c1Cl. The molecule has 3 aromatic rings. The first-order chi connectivity index (χ1) is 13.5. The Morgan fingerprint density at radius 2 is 1.28 bits per heavy atom. The maximum absolute atomic E-state index is 13.0. The number of phenolic OH excluding ortho intramolecular Hbond substituents is 2. The maximum Gasteiger partial charge on any atom is 0.283 e. The van der Waals surface area contributed by atoms with Crippen LogP contribution in [-0.4, -0.2) is 23.2 Å². The average molecular weight is 494 g/mol. The molecule has 0 aliphatic carbocycles. The first-order valence-corrected chi connectivity index (χ1v) is 10.8. The molecule has 152 valence electrons. The van der Waals surface area contributed by atoms with E-state index in [1.165, 1.54) is 42.5 Å². The van der Waals surface area contributed by atoms with Gasteiger partial charge in [-0.05, 0) is 47.5 Å². The van der Waals surface area contributed by atoms with Crippen LogP contribution in [0.5, 0.6) is 11.5 Å². The highest BCUT2D eigenvalue weighted by atomic mass is 35.5. The Morgan fingerprint density at radius 1 is 0.724 bits per heavy atom. The molecular formula is C19H12Cl4O5S. The third-order valence-electron chi connectivity index (χ3n) is 4.32. The molecule has 0 fully saturated rings. The molecule has 1 atom stereocenters. The molecule has 0 aliphatic heterocycles. The summed E-state index contributed by atoms with van der Waals surface area (Å²) in [5.41, 5.74) is -0.276. The highest BCUT2D eigenvalue weighted by molar-refractivity contribution is 7.87. The van der Waals surface area contributed by atoms with Crippen LogP contribution in [0.4, 0.5) is 0 Å². The van der Waals surface area contributed by atoms with Crippen molar-refractivity contribution < 1.29 is 23.2 Å². The predicted molar refractivity (Wildman–Crippen MR) is 114 cm³/mol. The lowest BCUT2D eigenvalue weighted by Gasteiger charge is -2.33. The van der Waals surface area contributed by atoms with Gasteiger partial charge in [-0.1, -0.05) is 58.5 Å². The number of aromatic hydroxyl groups is 2. The van der Waals surface area contributed by atoms with Crippen molar-refractivity contribution in [2.24, 2.45) is 0 Å². The molecule has 0 amide bonds. The lowest BCUT2D eigenvalue weighted by atomic mass is 9.83. The Kier molecular flexibility index (Phi) is 5.98. The van der Waals surface area contributed by atoms with Crippen molar-refractivity contribution in [3.05, 3.63) is 91.4 Å². The summed E-state index contributed by atoms with van der Waals surface area (Å²) in [6.07, 6.45) is 0. The van der Waals surface area contributed by atoms with Crippen LogP contribution in [0.1, 0.15) is 16.7 Å². The monoisotopic (exact) mass is 492 g/mol. The van der Waals surface area contributed by atoms with Crippen LogP contribution in [0, 0.1) is 0 Å². The molecule has 0 radical (unpaired) electrons. The third kappa shape index (κ3) is 3.89. The molecular weight excluding hydrogens is 482 g/mol. The number of rotatable bonds is 4. The fourth-order valence-corrected chi connectivity index (χ4v) is 5.53. The van der Waals surface area contributed by atoms with E-state index in [4.69, 9.17) is 46.4 Å². The van der Waals surface area contributed by atoms with Crippen molar-refractivity contribution in [3.63, 3.8) is 0 Å². The number of benzene rings is 3. The zero-order valence-electron chi connectivity index (χ0n) is 14.3. The van der Waals surface area contributed by atoms with Gasteiger partial charge in [-0.15, -0.1) is 0 Å². The zero-order chi connectivity index (χ0) is 21.6. The van der Waals surface area contributed by atoms with E-state index in [-0.39, 0.29) is 48.3 Å². The lowest BCUT2D eigenvalue weighted by Crippen LogP contribution is -2.38. The summed E-state index contributed by atoms with van der Waals surface area (Å²) in [5.74, 6) is -0.517. The quantitative estimate of drug-likeness (QED) is 0.311. The zero-order valence-corrected chi connectivity index (χ0v) is 18.1. The Balaban J connectivity index is 2.60. The van der Waals surface area contributed by atoms with Crippen molar-refractivity contribution in [1.82, 2.24) is 0 Å². The minimum atomic E-state index is -5.04. The Labute approximate surface area is 186 Å². The van der Waals surface area contributed by atoms with Crippen molar-refractivity contribution >= 4 is 56.5 Å². The first-order valence-electron chi connectivity index (χ1n) is 7.88. The van der Waals surface area contributed by atoms with Crippen LogP contribution in [-0.2, 0) is 14.9 Å². The smallest absolute Gasteiger partial charge is 0.283 e. The summed E-state index contributed by atoms with van der Waals surface area (Å²) in [6, 6.07) is 11.2. The summed E-state index contributed by atoms with van der Waals surface area (Å²) in [7, 11) is -5.04. The van der Waals surface area contributed by atoms with E-state index in [0.29, 0.717) is 0 Å². The molecule has 0 bridgehead atoms. The molecule has 1 unspecified atom stereocenters. The first kappa shape index (κ1) is 22.0. The van der Waals surface area contributed by atoms with Gasteiger partial charge < -0.3 is 10.2 Å². The molecule has 3 N–H and O–H groups in total. The van der Waals surface area contributed by atoms with Gasteiger partial charge in [0.1, 0.15) is 11.5 Å². The average Bonchev–Trinajstić information content (AvgIpc) is 2.59. The Hall–Kier alpha value is -1.67. The topological polar surface area (TPSA) is 94.8 Å². The van der Waals surface area contributed by atoms with Crippen molar-refractivity contribution in [1.29, 1.82) is 0 Å². The van der Waals surface area contributed by atoms with E-state index in [9.17, 15) is 23.2 Å². The number of hydrogen-bond acceptors (Lipinski definition) is 4. The maximum atomic E-state index is 13.0. The van der Waals surface area contributed by atoms with Gasteiger partial charge in [-0.3, -0.25) is 4.55 Å². The van der Waals surface area contributed by atoms with Gasteiger partial charge >= 0.3 is 0 Å². The van der Waals surface area contributed by atoms with Gasteiger partial charge in [0.25, 0.3) is 10.1 Å². The van der Waals surface area contributed by atoms with Crippen LogP contribution >= 0.6 is 46.4 Å². The van der Waals surface area contributed by atoms with Gasteiger partial charge in [0, 0.05) is 21.7 Å². The van der Waals surface area contributed by atoms with E-state index in [1.807, 2.05) is 0 Å². The molecule has 0 heterocycles. The molecule has 0 spiro atoms. The van der Waals surface area contributed by atoms with E-state index >= 15 is 0 Å². The molecule has 0 saturated heterocycles. The largest absolute Gasteiger partial charge is 0.508 e. The fourth-order valence-electron chi connectivity index (χ4n) is 3.20. The van der Waals surface area contributed by atoms with Crippen molar-refractivity contribution in [3.8, 4) is 11.5 Å². The molecule has 0 saturated carbocycles. The lowest BCUT2D eigenvalue weighted by molar-refractivity contribution is 0.455. The molecule has 0 aliphatic rings. The van der Waals surface area contributed by atoms with Crippen LogP contribution < -0.4 is 0 Å². The molecule has 10 heteroatoms. The second-order valence-electron chi connectivity index (χ2n) is 6.15. The Bertz CT molecular complexity index is 1180. The highest BCUT2D eigenvalue weighted by Crippen LogP contribution is 2.50. The van der Waals surface area contributed by atoms with E-state index < -0.39 is 14.9 Å². The number of halogens is 4. The molecule has 5 nitrogen and oxygen atoms in total. The summed E-state index contributed by atoms with van der Waals surface area (Å²) in [5, 5.41) is 19.6. The molecule has 0 aromatic heterocycles. The van der Waals surface area contributed by atoms with Gasteiger partial charge in [0.15, 0.2) is 4.75 Å². The standard InChI is InChI=1S/C19H12Cl4O5S/c20-12-5-11(6-13(21)7-12)19(29(26,27)28,10-1-3-14(24)4-2-10)16-8-15(25)9-17(22)18(16)23/h1-9,24-25H,(H,26,27,28). The van der Waals surface area contributed by atoms with E-state index in [0.717, 1.165) is 12.1 Å². The van der Waals surface area contributed by atoms with Crippen molar-refractivity contribution in [2.45, 2.75) is 4.75 Å². The van der Waals surface area contributed by atoms with Crippen LogP contribution in [0.15, 0.2) is 54.6 Å². The minimum absolute atomic E-state index is 0.000278. The van der Waals surface area contributed by atoms with E-state index in [1.54, 1.807) is 0 Å². The fraction of sp³-hybridized carbons (Fsp3) is 0.0526. The van der Waals surface area contributed by atoms with E-state index in [2.05, 4.69) is 0 Å². The molecule has 3 aromatic carbocycles. The molecule has 3 rings (SSSR count). The normalized spacial score (nSPS) is 13.8. The summed E-state index contributed by atoms with van der Waals surface area (Å²) < 4.78 is 34.0. The van der Waals surface area contributed by atoms with Gasteiger partial charge in [-0.25, -0.2) is 0 Å². The summed E-state index contributed by atoms with van der Waals surface area (Å²) in [4.78, 5) is 0. The number of phenols is 2. The van der Waals surface area contributed by atoms with Gasteiger partial charge in [0.2, 0.25) is 0 Å². The van der Waals surface area contributed by atoms with Crippen LogP contribution in [0.2, 0.25) is 20.1 Å². The Morgan fingerprint density at radius 3 is 1.79 bits per heavy atom. The molecule has 29 heavy (non-hydrogen) atoms. The minimum Gasteiger partial charge on any atom is -0.508 e. The van der Waals surface area contributed by atoms with Crippen LogP contribution in [0.3, 0.4) is 0 Å². The predicted octanol–water partition coefficient (Wildman–Crippen LogP) is 5.89. The van der Waals surface area contributed by atoms with Crippen LogP contribution in [0.25, 0.3) is 0 Å². The third-order valence-corrected chi connectivity index (χ3v) is 7.03. The highest BCUT2D eigenvalue weighted by Gasteiger charge is 2.50. The van der Waals surface area contributed by atoms with Gasteiger partial charge in [-0.2, -0.15) is 8.42 Å². The summed E-state index contributed by atoms with van der Waals surface area (Å²) >= 11 is 24.6. The van der Waals surface area contributed by atoms with Crippen molar-refractivity contribution in [2.75, 3.05) is 0 Å². The van der Waals surface area contributed by atoms with Gasteiger partial charge in [0.05, 0.1) is 10.0 Å². The second kappa shape index (κ2) is 7.87. The second-order valence-corrected chi connectivity index (χ2v) is 9.37. The summed E-state index contributed by atoms with van der Waals surface area (Å²) in [6.45, 7) is 0.